The van der Waals surface area contributed by atoms with Crippen LogP contribution in [-0.2, 0) is 0 Å². The van der Waals surface area contributed by atoms with Crippen LogP contribution < -0.4 is 10.5 Å². The average molecular weight is 324 g/mol. The molecule has 0 amide bonds. The van der Waals surface area contributed by atoms with Crippen LogP contribution >= 0.6 is 0 Å². The van der Waals surface area contributed by atoms with Gasteiger partial charge in [0, 0.05) is 19.3 Å². The first kappa shape index (κ1) is 14.8. The summed E-state index contributed by atoms with van der Waals surface area (Å²) < 4.78 is 13.2. The SMILES string of the molecule is O=c1[nH]c(N2CCCCC2)nc2nccc(-c3ccc(F)cc3)c12. The Morgan fingerprint density at radius 1 is 1.04 bits per heavy atom. The second kappa shape index (κ2) is 6.03. The Hall–Kier alpha value is -2.76. The Balaban J connectivity index is 1.85. The molecule has 5 nitrogen and oxygen atoms in total. The van der Waals surface area contributed by atoms with Crippen molar-refractivity contribution in [1.29, 1.82) is 0 Å². The Morgan fingerprint density at radius 2 is 1.79 bits per heavy atom. The van der Waals surface area contributed by atoms with Crippen LogP contribution in [0.25, 0.3) is 22.2 Å². The lowest BCUT2D eigenvalue weighted by molar-refractivity contribution is 0.568. The van der Waals surface area contributed by atoms with Gasteiger partial charge in [0.2, 0.25) is 5.95 Å². The summed E-state index contributed by atoms with van der Waals surface area (Å²) in [6.45, 7) is 1.79. The van der Waals surface area contributed by atoms with Crippen molar-refractivity contribution >= 4 is 17.0 Å². The van der Waals surface area contributed by atoms with Gasteiger partial charge < -0.3 is 4.90 Å². The molecule has 0 saturated carbocycles. The number of rotatable bonds is 2. The molecule has 3 aromatic rings. The quantitative estimate of drug-likeness (QED) is 0.787. The Bertz CT molecular complexity index is 930. The molecule has 1 saturated heterocycles. The lowest BCUT2D eigenvalue weighted by atomic mass is 10.0. The van der Waals surface area contributed by atoms with Crippen LogP contribution in [-0.4, -0.2) is 28.0 Å². The van der Waals surface area contributed by atoms with Gasteiger partial charge in [0.05, 0.1) is 5.39 Å². The molecule has 122 valence electrons. The molecule has 0 bridgehead atoms. The van der Waals surface area contributed by atoms with Gasteiger partial charge in [-0.2, -0.15) is 4.98 Å². The van der Waals surface area contributed by atoms with Crippen molar-refractivity contribution in [2.75, 3.05) is 18.0 Å². The van der Waals surface area contributed by atoms with E-state index in [-0.39, 0.29) is 11.4 Å². The van der Waals surface area contributed by atoms with Crippen molar-refractivity contribution in [2.45, 2.75) is 19.3 Å². The molecule has 1 N–H and O–H groups in total. The summed E-state index contributed by atoms with van der Waals surface area (Å²) in [7, 11) is 0. The molecule has 24 heavy (non-hydrogen) atoms. The number of pyridine rings is 1. The number of H-pyrrole nitrogens is 1. The van der Waals surface area contributed by atoms with Gasteiger partial charge in [-0.3, -0.25) is 9.78 Å². The van der Waals surface area contributed by atoms with Crippen molar-refractivity contribution in [3.8, 4) is 11.1 Å². The fraction of sp³-hybridized carbons (Fsp3) is 0.278. The molecule has 6 heteroatoms. The highest BCUT2D eigenvalue weighted by atomic mass is 19.1. The van der Waals surface area contributed by atoms with Crippen molar-refractivity contribution < 1.29 is 4.39 Å². The van der Waals surface area contributed by atoms with Gasteiger partial charge in [-0.1, -0.05) is 12.1 Å². The molecule has 2 aromatic heterocycles. The summed E-state index contributed by atoms with van der Waals surface area (Å²) in [6.07, 6.45) is 5.05. The van der Waals surface area contributed by atoms with Gasteiger partial charge in [-0.25, -0.2) is 9.37 Å². The zero-order valence-electron chi connectivity index (χ0n) is 13.1. The van der Waals surface area contributed by atoms with Gasteiger partial charge in [-0.05, 0) is 48.6 Å². The van der Waals surface area contributed by atoms with Crippen LogP contribution in [0, 0.1) is 5.82 Å². The molecule has 1 aliphatic heterocycles. The molecule has 0 atom stereocenters. The third-order valence-corrected chi connectivity index (χ3v) is 4.41. The topological polar surface area (TPSA) is 61.9 Å². The largest absolute Gasteiger partial charge is 0.342 e. The smallest absolute Gasteiger partial charge is 0.262 e. The number of hydrogen-bond acceptors (Lipinski definition) is 4. The first-order valence-corrected chi connectivity index (χ1v) is 8.12. The predicted octanol–water partition coefficient (Wildman–Crippen LogP) is 3.11. The molecular weight excluding hydrogens is 307 g/mol. The first-order chi connectivity index (χ1) is 11.7. The van der Waals surface area contributed by atoms with E-state index in [2.05, 4.69) is 19.9 Å². The molecule has 1 aromatic carbocycles. The minimum Gasteiger partial charge on any atom is -0.342 e. The van der Waals surface area contributed by atoms with Crippen LogP contribution in [0.15, 0.2) is 41.3 Å². The number of halogens is 1. The van der Waals surface area contributed by atoms with Crippen LogP contribution in [0.3, 0.4) is 0 Å². The normalized spacial score (nSPS) is 15.0. The van der Waals surface area contributed by atoms with Crippen molar-refractivity contribution in [2.24, 2.45) is 0 Å². The number of piperidine rings is 1. The van der Waals surface area contributed by atoms with E-state index in [9.17, 15) is 9.18 Å². The second-order valence-electron chi connectivity index (χ2n) is 6.00. The Labute approximate surface area is 138 Å². The van der Waals surface area contributed by atoms with Gasteiger partial charge in [-0.15, -0.1) is 0 Å². The van der Waals surface area contributed by atoms with Crippen molar-refractivity contribution in [1.82, 2.24) is 15.0 Å². The van der Waals surface area contributed by atoms with Crippen LogP contribution in [0.5, 0.6) is 0 Å². The molecule has 0 unspecified atom stereocenters. The number of benzene rings is 1. The number of nitrogens with one attached hydrogen (secondary N) is 1. The minimum atomic E-state index is -0.309. The average Bonchev–Trinajstić information content (AvgIpc) is 2.62. The van der Waals surface area contributed by atoms with Crippen molar-refractivity contribution in [3.63, 3.8) is 0 Å². The van der Waals surface area contributed by atoms with E-state index in [0.29, 0.717) is 22.5 Å². The number of nitrogens with zero attached hydrogens (tertiary/aromatic N) is 3. The molecule has 0 radical (unpaired) electrons. The van der Waals surface area contributed by atoms with E-state index in [1.54, 1.807) is 24.4 Å². The Kier molecular flexibility index (Phi) is 3.72. The third kappa shape index (κ3) is 2.64. The Morgan fingerprint density at radius 3 is 2.54 bits per heavy atom. The summed E-state index contributed by atoms with van der Waals surface area (Å²) in [4.78, 5) is 26.5. The fourth-order valence-corrected chi connectivity index (χ4v) is 3.18. The van der Waals surface area contributed by atoms with Crippen LogP contribution in [0.1, 0.15) is 19.3 Å². The van der Waals surface area contributed by atoms with Gasteiger partial charge >= 0.3 is 0 Å². The third-order valence-electron chi connectivity index (χ3n) is 4.41. The maximum absolute atomic E-state index is 13.2. The van der Waals surface area contributed by atoms with E-state index >= 15 is 0 Å². The summed E-state index contributed by atoms with van der Waals surface area (Å²) in [5, 5.41) is 0.435. The molecule has 0 spiro atoms. The highest BCUT2D eigenvalue weighted by Crippen LogP contribution is 2.25. The van der Waals surface area contributed by atoms with E-state index in [4.69, 9.17) is 0 Å². The van der Waals surface area contributed by atoms with E-state index in [0.717, 1.165) is 31.5 Å². The zero-order chi connectivity index (χ0) is 16.5. The lowest BCUT2D eigenvalue weighted by Gasteiger charge is -2.27. The number of hydrogen-bond donors (Lipinski definition) is 1. The number of anilines is 1. The molecule has 1 fully saturated rings. The second-order valence-corrected chi connectivity index (χ2v) is 6.00. The highest BCUT2D eigenvalue weighted by molar-refractivity contribution is 5.92. The van der Waals surface area contributed by atoms with Gasteiger partial charge in [0.25, 0.3) is 5.56 Å². The highest BCUT2D eigenvalue weighted by Gasteiger charge is 2.16. The molecular formula is C18H17FN4O. The van der Waals surface area contributed by atoms with Crippen molar-refractivity contribution in [3.05, 3.63) is 52.7 Å². The minimum absolute atomic E-state index is 0.215. The standard InChI is InChI=1S/C18H17FN4O/c19-13-6-4-12(5-7-13)14-8-9-20-16-15(14)17(24)22-18(21-16)23-10-2-1-3-11-23/h4-9H,1-3,10-11H2,(H,20,21,22,24). The summed E-state index contributed by atoms with van der Waals surface area (Å²) >= 11 is 0. The molecule has 0 aliphatic carbocycles. The number of aromatic amines is 1. The van der Waals surface area contributed by atoms with E-state index in [1.807, 2.05) is 0 Å². The number of aromatic nitrogens is 3. The molecule has 3 heterocycles. The zero-order valence-corrected chi connectivity index (χ0v) is 13.1. The summed E-state index contributed by atoms with van der Waals surface area (Å²) in [6, 6.07) is 7.83. The monoisotopic (exact) mass is 324 g/mol. The summed E-state index contributed by atoms with van der Waals surface area (Å²) in [5.74, 6) is 0.271. The number of fused-ring (bicyclic) bond motifs is 1. The first-order valence-electron chi connectivity index (χ1n) is 8.12. The predicted molar refractivity (Wildman–Crippen MR) is 91.6 cm³/mol. The molecule has 4 rings (SSSR count). The fourth-order valence-electron chi connectivity index (χ4n) is 3.18. The summed E-state index contributed by atoms with van der Waals surface area (Å²) in [5.41, 5.74) is 1.68. The maximum atomic E-state index is 13.2. The van der Waals surface area contributed by atoms with Gasteiger partial charge in [0.15, 0.2) is 5.65 Å². The lowest BCUT2D eigenvalue weighted by Crippen LogP contribution is -2.32. The van der Waals surface area contributed by atoms with Crippen LogP contribution in [0.4, 0.5) is 10.3 Å². The molecule has 1 aliphatic rings. The van der Waals surface area contributed by atoms with E-state index in [1.165, 1.54) is 18.6 Å². The maximum Gasteiger partial charge on any atom is 0.262 e. The van der Waals surface area contributed by atoms with E-state index < -0.39 is 0 Å². The van der Waals surface area contributed by atoms with Crippen LogP contribution in [0.2, 0.25) is 0 Å². The van der Waals surface area contributed by atoms with Gasteiger partial charge in [0.1, 0.15) is 5.82 Å².